The summed E-state index contributed by atoms with van der Waals surface area (Å²) in [5.74, 6) is -0.298. The number of allylic oxidation sites excluding steroid dienone is 1. The number of hydrogen-bond donors (Lipinski definition) is 2. The maximum Gasteiger partial charge on any atom is 0.337 e. The number of carbonyl (C=O) groups is 3. The SMILES string of the molecule is CCCN1C(=O)N[C@@H](c2ccc(NC(=O)COc3ccc(Cl)cc3)cc2)C(C(=O)OC)=C1C. The third-order valence-corrected chi connectivity index (χ3v) is 5.41. The molecule has 33 heavy (non-hydrogen) atoms. The van der Waals surface area contributed by atoms with Crippen LogP contribution in [0.2, 0.25) is 5.02 Å². The van der Waals surface area contributed by atoms with Crippen LogP contribution in [0.25, 0.3) is 0 Å². The monoisotopic (exact) mass is 471 g/mol. The van der Waals surface area contributed by atoms with Crippen molar-refractivity contribution in [3.05, 3.63) is 70.4 Å². The first kappa shape index (κ1) is 24.1. The van der Waals surface area contributed by atoms with Crippen molar-refractivity contribution in [1.82, 2.24) is 10.2 Å². The summed E-state index contributed by atoms with van der Waals surface area (Å²) in [5.41, 5.74) is 2.18. The molecule has 3 amide bonds. The molecule has 9 heteroatoms. The topological polar surface area (TPSA) is 97.0 Å². The molecule has 2 aromatic rings. The first-order valence-corrected chi connectivity index (χ1v) is 10.9. The number of halogens is 1. The molecule has 1 aliphatic rings. The van der Waals surface area contributed by atoms with Crippen LogP contribution in [0.15, 0.2) is 59.8 Å². The number of ether oxygens (including phenoxy) is 2. The lowest BCUT2D eigenvalue weighted by Gasteiger charge is -2.35. The average Bonchev–Trinajstić information content (AvgIpc) is 2.81. The molecule has 0 aromatic heterocycles. The molecule has 1 heterocycles. The van der Waals surface area contributed by atoms with Crippen LogP contribution in [0, 0.1) is 0 Å². The van der Waals surface area contributed by atoms with E-state index in [4.69, 9.17) is 21.1 Å². The molecule has 1 aliphatic heterocycles. The molecule has 174 valence electrons. The molecule has 1 atom stereocenters. The minimum absolute atomic E-state index is 0.163. The number of carbonyl (C=O) groups excluding carboxylic acids is 3. The molecule has 0 bridgehead atoms. The zero-order valence-corrected chi connectivity index (χ0v) is 19.4. The molecular formula is C24H26ClN3O5. The van der Waals surface area contributed by atoms with Gasteiger partial charge in [-0.1, -0.05) is 30.7 Å². The Balaban J connectivity index is 1.71. The van der Waals surface area contributed by atoms with Gasteiger partial charge in [0.25, 0.3) is 5.91 Å². The molecule has 0 aliphatic carbocycles. The molecular weight excluding hydrogens is 446 g/mol. The number of amides is 3. The molecule has 0 fully saturated rings. The highest BCUT2D eigenvalue weighted by Crippen LogP contribution is 2.32. The van der Waals surface area contributed by atoms with Crippen molar-refractivity contribution < 1.29 is 23.9 Å². The summed E-state index contributed by atoms with van der Waals surface area (Å²) >= 11 is 5.83. The maximum atomic E-state index is 12.6. The van der Waals surface area contributed by atoms with Gasteiger partial charge in [0, 0.05) is 23.0 Å². The van der Waals surface area contributed by atoms with Gasteiger partial charge in [-0.15, -0.1) is 0 Å². The van der Waals surface area contributed by atoms with Gasteiger partial charge in [-0.2, -0.15) is 0 Å². The van der Waals surface area contributed by atoms with Gasteiger partial charge in [0.2, 0.25) is 0 Å². The fourth-order valence-electron chi connectivity index (χ4n) is 3.53. The van der Waals surface area contributed by atoms with Crippen molar-refractivity contribution in [3.63, 3.8) is 0 Å². The minimum Gasteiger partial charge on any atom is -0.484 e. The Morgan fingerprint density at radius 3 is 2.39 bits per heavy atom. The van der Waals surface area contributed by atoms with E-state index in [2.05, 4.69) is 10.6 Å². The lowest BCUT2D eigenvalue weighted by molar-refractivity contribution is -0.136. The van der Waals surface area contributed by atoms with Crippen molar-refractivity contribution in [2.75, 3.05) is 25.6 Å². The van der Waals surface area contributed by atoms with Gasteiger partial charge in [-0.25, -0.2) is 9.59 Å². The van der Waals surface area contributed by atoms with Crippen LogP contribution in [0.4, 0.5) is 10.5 Å². The molecule has 2 N–H and O–H groups in total. The van der Waals surface area contributed by atoms with Crippen LogP contribution in [0.5, 0.6) is 5.75 Å². The Morgan fingerprint density at radius 2 is 1.79 bits per heavy atom. The number of urea groups is 1. The second kappa shape index (κ2) is 10.9. The van der Waals surface area contributed by atoms with Gasteiger partial charge in [0.15, 0.2) is 6.61 Å². The number of rotatable bonds is 8. The highest BCUT2D eigenvalue weighted by molar-refractivity contribution is 6.30. The zero-order chi connectivity index (χ0) is 24.0. The van der Waals surface area contributed by atoms with Gasteiger partial charge >= 0.3 is 12.0 Å². The molecule has 3 rings (SSSR count). The number of benzene rings is 2. The number of anilines is 1. The molecule has 0 unspecified atom stereocenters. The van der Waals surface area contributed by atoms with E-state index in [1.54, 1.807) is 55.5 Å². The summed E-state index contributed by atoms with van der Waals surface area (Å²) in [7, 11) is 1.31. The Morgan fingerprint density at radius 1 is 1.12 bits per heavy atom. The summed E-state index contributed by atoms with van der Waals surface area (Å²) in [5, 5.41) is 6.21. The number of nitrogens with zero attached hydrogens (tertiary/aromatic N) is 1. The molecule has 0 saturated heterocycles. The first-order valence-electron chi connectivity index (χ1n) is 10.5. The molecule has 0 spiro atoms. The van der Waals surface area contributed by atoms with Crippen molar-refractivity contribution in [2.24, 2.45) is 0 Å². The number of methoxy groups -OCH3 is 1. The first-order chi connectivity index (χ1) is 15.8. The predicted octanol–water partition coefficient (Wildman–Crippen LogP) is 4.28. The van der Waals surface area contributed by atoms with Gasteiger partial charge < -0.3 is 20.1 Å². The predicted molar refractivity (Wildman–Crippen MR) is 125 cm³/mol. The van der Waals surface area contributed by atoms with Gasteiger partial charge in [0.1, 0.15) is 5.75 Å². The fraction of sp³-hybridized carbons (Fsp3) is 0.292. The van der Waals surface area contributed by atoms with E-state index in [0.717, 1.165) is 6.42 Å². The standard InChI is InChI=1S/C24H26ClN3O5/c1-4-13-28-15(2)21(23(30)32-3)22(27-24(28)31)16-5-9-18(10-6-16)26-20(29)14-33-19-11-7-17(25)8-12-19/h5-12,22H,4,13-14H2,1-3H3,(H,26,29)(H,27,31)/t22-/m0/s1. The number of hydrogen-bond acceptors (Lipinski definition) is 5. The average molecular weight is 472 g/mol. The minimum atomic E-state index is -0.656. The Hall–Kier alpha value is -3.52. The molecule has 8 nitrogen and oxygen atoms in total. The highest BCUT2D eigenvalue weighted by atomic mass is 35.5. The largest absolute Gasteiger partial charge is 0.484 e. The van der Waals surface area contributed by atoms with E-state index in [0.29, 0.717) is 39.8 Å². The number of esters is 1. The summed E-state index contributed by atoms with van der Waals surface area (Å²) in [6, 6.07) is 12.7. The summed E-state index contributed by atoms with van der Waals surface area (Å²) in [6.07, 6.45) is 0.750. The lowest BCUT2D eigenvalue weighted by atomic mass is 9.94. The van der Waals surface area contributed by atoms with Gasteiger partial charge in [0.05, 0.1) is 18.7 Å². The van der Waals surface area contributed by atoms with Gasteiger partial charge in [-0.3, -0.25) is 9.69 Å². The molecule has 2 aromatic carbocycles. The second-order valence-electron chi connectivity index (χ2n) is 7.44. The highest BCUT2D eigenvalue weighted by Gasteiger charge is 2.35. The van der Waals surface area contributed by atoms with E-state index in [-0.39, 0.29) is 18.5 Å². The van der Waals surface area contributed by atoms with Crippen LogP contribution in [0.1, 0.15) is 31.9 Å². The van der Waals surface area contributed by atoms with Gasteiger partial charge in [-0.05, 0) is 55.3 Å². The van der Waals surface area contributed by atoms with Crippen molar-refractivity contribution in [2.45, 2.75) is 26.3 Å². The van der Waals surface area contributed by atoms with Crippen molar-refractivity contribution >= 4 is 35.2 Å². The quantitative estimate of drug-likeness (QED) is 0.560. The normalized spacial score (nSPS) is 15.7. The van der Waals surface area contributed by atoms with E-state index in [1.165, 1.54) is 12.0 Å². The second-order valence-corrected chi connectivity index (χ2v) is 7.87. The summed E-state index contributed by atoms with van der Waals surface area (Å²) < 4.78 is 10.4. The van der Waals surface area contributed by atoms with Crippen LogP contribution in [-0.2, 0) is 14.3 Å². The third kappa shape index (κ3) is 5.84. The lowest BCUT2D eigenvalue weighted by Crippen LogP contribution is -2.48. The Kier molecular flexibility index (Phi) is 7.95. The molecule has 0 saturated carbocycles. The van der Waals surface area contributed by atoms with Crippen LogP contribution < -0.4 is 15.4 Å². The van der Waals surface area contributed by atoms with E-state index < -0.39 is 12.0 Å². The van der Waals surface area contributed by atoms with Crippen LogP contribution >= 0.6 is 11.6 Å². The van der Waals surface area contributed by atoms with Crippen molar-refractivity contribution in [1.29, 1.82) is 0 Å². The third-order valence-electron chi connectivity index (χ3n) is 5.16. The molecule has 0 radical (unpaired) electrons. The summed E-state index contributed by atoms with van der Waals surface area (Å²) in [6.45, 7) is 4.03. The van der Waals surface area contributed by atoms with E-state index in [1.807, 2.05) is 6.92 Å². The number of nitrogens with one attached hydrogen (secondary N) is 2. The summed E-state index contributed by atoms with van der Waals surface area (Å²) in [4.78, 5) is 38.9. The van der Waals surface area contributed by atoms with Crippen LogP contribution in [0.3, 0.4) is 0 Å². The van der Waals surface area contributed by atoms with E-state index in [9.17, 15) is 14.4 Å². The Bertz CT molecular complexity index is 1050. The maximum absolute atomic E-state index is 12.6. The van der Waals surface area contributed by atoms with E-state index >= 15 is 0 Å². The van der Waals surface area contributed by atoms with Crippen molar-refractivity contribution in [3.8, 4) is 5.75 Å². The zero-order valence-electron chi connectivity index (χ0n) is 18.7. The fourth-order valence-corrected chi connectivity index (χ4v) is 3.66. The Labute approximate surface area is 197 Å². The smallest absolute Gasteiger partial charge is 0.337 e. The van der Waals surface area contributed by atoms with Crippen LogP contribution in [-0.4, -0.2) is 43.1 Å².